The first-order chi connectivity index (χ1) is 24.1. The van der Waals surface area contributed by atoms with Crippen LogP contribution in [0.5, 0.6) is 0 Å². The second-order valence-electron chi connectivity index (χ2n) is 13.8. The lowest BCUT2D eigenvalue weighted by Crippen LogP contribution is -2.58. The molecular formula is C35H44F3N9O3. The summed E-state index contributed by atoms with van der Waals surface area (Å²) < 4.78 is 42.2. The van der Waals surface area contributed by atoms with Crippen LogP contribution in [0.25, 0.3) is 10.9 Å². The molecule has 12 nitrogen and oxygen atoms in total. The summed E-state index contributed by atoms with van der Waals surface area (Å²) in [6, 6.07) is 9.05. The number of aromatic amines is 1. The number of likely N-dealkylation sites (tertiary alicyclic amines) is 2. The van der Waals surface area contributed by atoms with Crippen LogP contribution in [0.2, 0.25) is 0 Å². The molecule has 4 aliphatic rings. The molecule has 7 rings (SSSR count). The van der Waals surface area contributed by atoms with E-state index in [1.54, 1.807) is 15.9 Å². The number of para-hydroxylation sites is 1. The molecule has 2 aromatic carbocycles. The quantitative estimate of drug-likeness (QED) is 0.312. The molecule has 1 aromatic heterocycles. The maximum atomic E-state index is 14.1. The van der Waals surface area contributed by atoms with Crippen molar-refractivity contribution < 1.29 is 27.6 Å². The summed E-state index contributed by atoms with van der Waals surface area (Å²) in [6.07, 6.45) is 0.0695. The first-order valence-corrected chi connectivity index (χ1v) is 17.6. The number of benzene rings is 2. The Labute approximate surface area is 288 Å². The van der Waals surface area contributed by atoms with Crippen molar-refractivity contribution in [2.24, 2.45) is 0 Å². The van der Waals surface area contributed by atoms with Crippen molar-refractivity contribution in [3.63, 3.8) is 0 Å². The minimum absolute atomic E-state index is 0.0507. The molecule has 4 N–H and O–H groups in total. The van der Waals surface area contributed by atoms with Crippen molar-refractivity contribution in [3.05, 3.63) is 59.3 Å². The Kier molecular flexibility index (Phi) is 9.87. The molecule has 0 spiro atoms. The van der Waals surface area contributed by atoms with Crippen LogP contribution in [-0.2, 0) is 23.8 Å². The number of fused-ring (bicyclic) bond motifs is 2. The number of nitrogens with one attached hydrogen (secondary N) is 4. The van der Waals surface area contributed by atoms with Gasteiger partial charge in [-0.2, -0.15) is 18.3 Å². The summed E-state index contributed by atoms with van der Waals surface area (Å²) >= 11 is 0. The molecule has 3 aromatic rings. The SMILES string of the molecule is O=C(NC(Cc1cc(C(F)(F)F)c2[nH]ncc2c1)C(=O)N1CCC(N2CCNCC2)CC1)N1CCC(N2CCc3ccccc3NC2=O)CC1. The summed E-state index contributed by atoms with van der Waals surface area (Å²) in [6.45, 7) is 6.15. The second-order valence-corrected chi connectivity index (χ2v) is 13.8. The van der Waals surface area contributed by atoms with Gasteiger partial charge in [-0.25, -0.2) is 9.59 Å². The van der Waals surface area contributed by atoms with Gasteiger partial charge in [-0.05, 0) is 61.4 Å². The first-order valence-electron chi connectivity index (χ1n) is 17.6. The van der Waals surface area contributed by atoms with Crippen molar-refractivity contribution >= 4 is 34.6 Å². The lowest BCUT2D eigenvalue weighted by molar-refractivity contribution is -0.136. The molecule has 50 heavy (non-hydrogen) atoms. The number of hydrogen-bond acceptors (Lipinski definition) is 6. The number of carbonyl (C=O) groups excluding carboxylic acids is 3. The number of H-pyrrole nitrogens is 1. The molecule has 0 saturated carbocycles. The van der Waals surface area contributed by atoms with E-state index < -0.39 is 23.8 Å². The van der Waals surface area contributed by atoms with Gasteiger partial charge >= 0.3 is 18.2 Å². The van der Waals surface area contributed by atoms with Gasteiger partial charge < -0.3 is 30.7 Å². The number of halogens is 3. The summed E-state index contributed by atoms with van der Waals surface area (Å²) in [5.74, 6) is -0.298. The highest BCUT2D eigenvalue weighted by atomic mass is 19.4. The number of amides is 5. The van der Waals surface area contributed by atoms with Gasteiger partial charge in [0.25, 0.3) is 0 Å². The summed E-state index contributed by atoms with van der Waals surface area (Å²) in [7, 11) is 0. The number of aromatic nitrogens is 2. The number of rotatable bonds is 6. The minimum Gasteiger partial charge on any atom is -0.341 e. The van der Waals surface area contributed by atoms with Gasteiger partial charge in [-0.3, -0.25) is 14.8 Å². The maximum Gasteiger partial charge on any atom is 0.418 e. The molecule has 5 amide bonds. The van der Waals surface area contributed by atoms with Crippen molar-refractivity contribution in [3.8, 4) is 0 Å². The zero-order valence-corrected chi connectivity index (χ0v) is 28.0. The summed E-state index contributed by atoms with van der Waals surface area (Å²) in [4.78, 5) is 48.6. The van der Waals surface area contributed by atoms with E-state index in [1.807, 2.05) is 29.2 Å². The second kappa shape index (κ2) is 14.5. The Morgan fingerprint density at radius 2 is 1.62 bits per heavy atom. The predicted molar refractivity (Wildman–Crippen MR) is 182 cm³/mol. The number of piperidine rings is 2. The highest BCUT2D eigenvalue weighted by molar-refractivity contribution is 5.91. The highest BCUT2D eigenvalue weighted by Gasteiger charge is 2.37. The van der Waals surface area contributed by atoms with Crippen LogP contribution >= 0.6 is 0 Å². The first kappa shape index (κ1) is 34.1. The van der Waals surface area contributed by atoms with Crippen LogP contribution in [0, 0.1) is 0 Å². The third-order valence-electron chi connectivity index (χ3n) is 10.7. The molecule has 3 fully saturated rings. The molecule has 0 bridgehead atoms. The van der Waals surface area contributed by atoms with Crippen LogP contribution in [0.1, 0.15) is 42.4 Å². The molecule has 5 heterocycles. The molecule has 0 radical (unpaired) electrons. The molecule has 4 aliphatic heterocycles. The van der Waals surface area contributed by atoms with Gasteiger partial charge in [0.1, 0.15) is 6.04 Å². The zero-order valence-electron chi connectivity index (χ0n) is 28.0. The fourth-order valence-electron chi connectivity index (χ4n) is 7.97. The monoisotopic (exact) mass is 695 g/mol. The van der Waals surface area contributed by atoms with Gasteiger partial charge in [0.05, 0.1) is 17.3 Å². The number of nitrogens with zero attached hydrogens (tertiary/aromatic N) is 5. The molecule has 1 atom stereocenters. The van der Waals surface area contributed by atoms with Gasteiger partial charge in [-0.1, -0.05) is 18.2 Å². The lowest BCUT2D eigenvalue weighted by Gasteiger charge is -2.41. The third-order valence-corrected chi connectivity index (χ3v) is 10.7. The minimum atomic E-state index is -4.63. The number of hydrogen-bond donors (Lipinski definition) is 4. The number of alkyl halides is 3. The van der Waals surface area contributed by atoms with Gasteiger partial charge in [0.15, 0.2) is 0 Å². The van der Waals surface area contributed by atoms with Crippen LogP contribution in [-0.4, -0.2) is 125 Å². The Morgan fingerprint density at radius 3 is 2.36 bits per heavy atom. The number of anilines is 1. The van der Waals surface area contributed by atoms with Crippen molar-refractivity contribution in [2.75, 3.05) is 64.2 Å². The number of carbonyl (C=O) groups is 3. The largest absolute Gasteiger partial charge is 0.418 e. The van der Waals surface area contributed by atoms with Crippen LogP contribution in [0.3, 0.4) is 0 Å². The van der Waals surface area contributed by atoms with Gasteiger partial charge in [0, 0.05) is 88.5 Å². The summed E-state index contributed by atoms with van der Waals surface area (Å²) in [5, 5.41) is 15.8. The zero-order chi connectivity index (χ0) is 34.8. The molecule has 0 aliphatic carbocycles. The average Bonchev–Trinajstić information content (AvgIpc) is 3.53. The Bertz CT molecular complexity index is 1690. The van der Waals surface area contributed by atoms with E-state index >= 15 is 0 Å². The predicted octanol–water partition coefficient (Wildman–Crippen LogP) is 3.65. The topological polar surface area (TPSA) is 129 Å². The van der Waals surface area contributed by atoms with Gasteiger partial charge in [0.2, 0.25) is 5.91 Å². The van der Waals surface area contributed by atoms with Crippen molar-refractivity contribution in [1.29, 1.82) is 0 Å². The molecule has 268 valence electrons. The fourth-order valence-corrected chi connectivity index (χ4v) is 7.97. The highest BCUT2D eigenvalue weighted by Crippen LogP contribution is 2.35. The van der Waals surface area contributed by atoms with E-state index in [0.717, 1.165) is 62.8 Å². The number of piperazine rings is 1. The summed E-state index contributed by atoms with van der Waals surface area (Å²) in [5.41, 5.74) is 1.20. The third kappa shape index (κ3) is 7.38. The van der Waals surface area contributed by atoms with Crippen molar-refractivity contribution in [1.82, 2.24) is 40.4 Å². The fraction of sp³-hybridized carbons (Fsp3) is 0.543. The smallest absolute Gasteiger partial charge is 0.341 e. The maximum absolute atomic E-state index is 14.1. The van der Waals surface area contributed by atoms with E-state index in [-0.39, 0.29) is 40.9 Å². The van der Waals surface area contributed by atoms with E-state index in [0.29, 0.717) is 51.6 Å². The van der Waals surface area contributed by atoms with E-state index in [2.05, 4.69) is 31.0 Å². The van der Waals surface area contributed by atoms with E-state index in [9.17, 15) is 27.6 Å². The van der Waals surface area contributed by atoms with Crippen LogP contribution < -0.4 is 16.0 Å². The lowest BCUT2D eigenvalue weighted by atomic mass is 9.97. The molecular weight excluding hydrogens is 651 g/mol. The van der Waals surface area contributed by atoms with Crippen LogP contribution in [0.15, 0.2) is 42.6 Å². The Morgan fingerprint density at radius 1 is 0.920 bits per heavy atom. The standard InChI is InChI=1S/C35H44F3N9O3/c36-35(37,38)28-20-23(19-25-22-40-43-31(25)28)21-30(32(48)45-12-6-26(7-13-45)44-17-10-39-11-18-44)42-33(49)46-14-8-27(9-15-46)47-16-5-24-3-1-2-4-29(24)41-34(47)50/h1-4,19-20,22,26-27,30,39H,5-18,21H2,(H,40,43)(H,41,50)(H,42,49). The van der Waals surface area contributed by atoms with Gasteiger partial charge in [-0.15, -0.1) is 0 Å². The van der Waals surface area contributed by atoms with E-state index in [4.69, 9.17) is 0 Å². The normalized spacial score (nSPS) is 20.7. The number of urea groups is 2. The average molecular weight is 696 g/mol. The molecule has 15 heteroatoms. The molecule has 1 unspecified atom stereocenters. The van der Waals surface area contributed by atoms with Crippen molar-refractivity contribution in [2.45, 2.75) is 62.8 Å². The van der Waals surface area contributed by atoms with E-state index in [1.165, 1.54) is 6.20 Å². The van der Waals surface area contributed by atoms with Crippen LogP contribution in [0.4, 0.5) is 28.4 Å². The Hall–Kier alpha value is -4.37. The Balaban J connectivity index is 1.03. The molecule has 3 saturated heterocycles.